The summed E-state index contributed by atoms with van der Waals surface area (Å²) in [6, 6.07) is 6.00. The largest absolute Gasteiger partial charge is 0.348 e. The second kappa shape index (κ2) is 6.18. The van der Waals surface area contributed by atoms with E-state index in [2.05, 4.69) is 5.32 Å². The first-order chi connectivity index (χ1) is 9.88. The summed E-state index contributed by atoms with van der Waals surface area (Å²) < 4.78 is 39.4. The Hall–Kier alpha value is -2.01. The van der Waals surface area contributed by atoms with Crippen molar-refractivity contribution in [3.05, 3.63) is 69.5 Å². The monoisotopic (exact) mass is 313 g/mol. The fourth-order valence-electron chi connectivity index (χ4n) is 1.72. The smallest absolute Gasteiger partial charge is 0.253 e. The zero-order valence-electron chi connectivity index (χ0n) is 11.0. The van der Waals surface area contributed by atoms with Gasteiger partial charge in [0.05, 0.1) is 10.6 Å². The Balaban J connectivity index is 2.11. The Kier molecular flexibility index (Phi) is 4.53. The third kappa shape index (κ3) is 3.55. The number of rotatable bonds is 3. The summed E-state index contributed by atoms with van der Waals surface area (Å²) in [5.41, 5.74) is 0.863. The molecule has 0 unspecified atom stereocenters. The summed E-state index contributed by atoms with van der Waals surface area (Å²) in [6.45, 7) is 1.67. The van der Waals surface area contributed by atoms with Gasteiger partial charge in [-0.25, -0.2) is 13.2 Å². The molecule has 1 N–H and O–H groups in total. The molecule has 0 spiro atoms. The normalized spacial score (nSPS) is 10.5. The molecule has 0 aliphatic rings. The summed E-state index contributed by atoms with van der Waals surface area (Å²) in [5, 5.41) is 2.28. The highest BCUT2D eigenvalue weighted by Gasteiger charge is 2.14. The maximum atomic E-state index is 13.4. The number of nitrogens with one attached hydrogen (secondary N) is 1. The van der Waals surface area contributed by atoms with E-state index in [1.807, 2.05) is 0 Å². The Labute approximate surface area is 124 Å². The van der Waals surface area contributed by atoms with Crippen LogP contribution in [0.15, 0.2) is 30.3 Å². The van der Waals surface area contributed by atoms with Crippen molar-refractivity contribution in [3.63, 3.8) is 0 Å². The molecule has 21 heavy (non-hydrogen) atoms. The van der Waals surface area contributed by atoms with Gasteiger partial charge in [-0.3, -0.25) is 4.79 Å². The minimum absolute atomic E-state index is 0.0470. The first kappa shape index (κ1) is 15.4. The minimum atomic E-state index is -1.16. The first-order valence-electron chi connectivity index (χ1n) is 6.06. The van der Waals surface area contributed by atoms with Crippen LogP contribution in [-0.4, -0.2) is 5.91 Å². The molecule has 6 heteroatoms. The average Bonchev–Trinajstić information content (AvgIpc) is 2.44. The molecule has 2 nitrogen and oxygen atoms in total. The van der Waals surface area contributed by atoms with Crippen LogP contribution in [0.3, 0.4) is 0 Å². The van der Waals surface area contributed by atoms with Crippen LogP contribution in [0.4, 0.5) is 13.2 Å². The van der Waals surface area contributed by atoms with Crippen LogP contribution in [0, 0.1) is 24.4 Å². The average molecular weight is 314 g/mol. The van der Waals surface area contributed by atoms with Crippen LogP contribution >= 0.6 is 11.6 Å². The second-order valence-corrected chi connectivity index (χ2v) is 4.92. The van der Waals surface area contributed by atoms with Gasteiger partial charge in [0.1, 0.15) is 5.82 Å². The van der Waals surface area contributed by atoms with E-state index in [1.54, 1.807) is 19.1 Å². The molecule has 0 aliphatic carbocycles. The zero-order chi connectivity index (χ0) is 15.6. The molecule has 0 heterocycles. The third-order valence-corrected chi connectivity index (χ3v) is 3.26. The molecule has 2 rings (SSSR count). The van der Waals surface area contributed by atoms with Crippen molar-refractivity contribution in [2.24, 2.45) is 0 Å². The molecular formula is C15H11ClF3NO. The number of hydrogen-bond acceptors (Lipinski definition) is 1. The molecule has 2 aromatic rings. The number of amides is 1. The van der Waals surface area contributed by atoms with Gasteiger partial charge in [-0.15, -0.1) is 0 Å². The van der Waals surface area contributed by atoms with Crippen LogP contribution in [0.2, 0.25) is 5.02 Å². The number of aryl methyl sites for hydroxylation is 1. The van der Waals surface area contributed by atoms with E-state index < -0.39 is 17.5 Å². The fraction of sp³-hybridized carbons (Fsp3) is 0.133. The Morgan fingerprint density at radius 1 is 1.10 bits per heavy atom. The SMILES string of the molecule is Cc1ccc(CNC(=O)c2cc(F)c(F)cc2Cl)cc1F. The number of carbonyl (C=O) groups excluding carboxylic acids is 1. The van der Waals surface area contributed by atoms with E-state index in [9.17, 15) is 18.0 Å². The van der Waals surface area contributed by atoms with Crippen molar-refractivity contribution < 1.29 is 18.0 Å². The molecule has 0 bridgehead atoms. The van der Waals surface area contributed by atoms with E-state index in [4.69, 9.17) is 11.6 Å². The van der Waals surface area contributed by atoms with Crippen molar-refractivity contribution in [2.45, 2.75) is 13.5 Å². The topological polar surface area (TPSA) is 29.1 Å². The highest BCUT2D eigenvalue weighted by atomic mass is 35.5. The summed E-state index contributed by atoms with van der Waals surface area (Å²) in [4.78, 5) is 11.9. The number of benzene rings is 2. The van der Waals surface area contributed by atoms with Gasteiger partial charge in [0, 0.05) is 6.54 Å². The Morgan fingerprint density at radius 3 is 2.43 bits per heavy atom. The van der Waals surface area contributed by atoms with Crippen molar-refractivity contribution in [3.8, 4) is 0 Å². The molecule has 110 valence electrons. The molecule has 0 saturated carbocycles. The summed E-state index contributed by atoms with van der Waals surface area (Å²) in [6.07, 6.45) is 0. The van der Waals surface area contributed by atoms with Crippen LogP contribution in [0.25, 0.3) is 0 Å². The van der Waals surface area contributed by atoms with Gasteiger partial charge in [-0.2, -0.15) is 0 Å². The van der Waals surface area contributed by atoms with Gasteiger partial charge in [0.2, 0.25) is 0 Å². The predicted octanol–water partition coefficient (Wildman–Crippen LogP) is 4.00. The van der Waals surface area contributed by atoms with Gasteiger partial charge in [0.25, 0.3) is 5.91 Å². The standard InChI is InChI=1S/C15H11ClF3NO/c1-8-2-3-9(4-12(8)17)7-20-15(21)10-5-13(18)14(19)6-11(10)16/h2-6H,7H2,1H3,(H,20,21). The lowest BCUT2D eigenvalue weighted by molar-refractivity contribution is 0.0950. The van der Waals surface area contributed by atoms with Gasteiger partial charge < -0.3 is 5.32 Å². The molecular weight excluding hydrogens is 303 g/mol. The summed E-state index contributed by atoms with van der Waals surface area (Å²) in [5.74, 6) is -3.34. The summed E-state index contributed by atoms with van der Waals surface area (Å²) >= 11 is 5.70. The fourth-order valence-corrected chi connectivity index (χ4v) is 1.96. The lowest BCUT2D eigenvalue weighted by atomic mass is 10.1. The Morgan fingerprint density at radius 2 is 1.76 bits per heavy atom. The molecule has 1 amide bonds. The van der Waals surface area contributed by atoms with E-state index in [1.165, 1.54) is 6.07 Å². The van der Waals surface area contributed by atoms with Crippen LogP contribution < -0.4 is 5.32 Å². The van der Waals surface area contributed by atoms with Crippen molar-refractivity contribution in [1.29, 1.82) is 0 Å². The van der Waals surface area contributed by atoms with Gasteiger partial charge in [0.15, 0.2) is 11.6 Å². The first-order valence-corrected chi connectivity index (χ1v) is 6.44. The van der Waals surface area contributed by atoms with Crippen molar-refractivity contribution in [1.82, 2.24) is 5.32 Å². The molecule has 0 aliphatic heterocycles. The van der Waals surface area contributed by atoms with Crippen LogP contribution in [0.5, 0.6) is 0 Å². The quantitative estimate of drug-likeness (QED) is 0.853. The number of hydrogen-bond donors (Lipinski definition) is 1. The highest BCUT2D eigenvalue weighted by Crippen LogP contribution is 2.20. The van der Waals surface area contributed by atoms with Gasteiger partial charge >= 0.3 is 0 Å². The molecule has 2 aromatic carbocycles. The molecule has 0 saturated heterocycles. The van der Waals surface area contributed by atoms with Crippen LogP contribution in [0.1, 0.15) is 21.5 Å². The predicted molar refractivity (Wildman–Crippen MR) is 73.7 cm³/mol. The lowest BCUT2D eigenvalue weighted by Gasteiger charge is -2.08. The van der Waals surface area contributed by atoms with Crippen LogP contribution in [-0.2, 0) is 6.54 Å². The maximum absolute atomic E-state index is 13.4. The highest BCUT2D eigenvalue weighted by molar-refractivity contribution is 6.33. The molecule has 0 aromatic heterocycles. The van der Waals surface area contributed by atoms with E-state index in [0.29, 0.717) is 11.1 Å². The maximum Gasteiger partial charge on any atom is 0.253 e. The number of halogens is 4. The Bertz CT molecular complexity index is 704. The lowest BCUT2D eigenvalue weighted by Crippen LogP contribution is -2.23. The molecule has 0 fully saturated rings. The van der Waals surface area contributed by atoms with E-state index >= 15 is 0 Å². The van der Waals surface area contributed by atoms with E-state index in [0.717, 1.165) is 12.1 Å². The zero-order valence-corrected chi connectivity index (χ0v) is 11.8. The van der Waals surface area contributed by atoms with Gasteiger partial charge in [-0.1, -0.05) is 23.7 Å². The van der Waals surface area contributed by atoms with Gasteiger partial charge in [-0.05, 0) is 36.2 Å². The molecule has 0 atom stereocenters. The van der Waals surface area contributed by atoms with Crippen molar-refractivity contribution >= 4 is 17.5 Å². The third-order valence-electron chi connectivity index (χ3n) is 2.94. The van der Waals surface area contributed by atoms with Crippen molar-refractivity contribution in [2.75, 3.05) is 0 Å². The van der Waals surface area contributed by atoms with E-state index in [-0.39, 0.29) is 22.9 Å². The minimum Gasteiger partial charge on any atom is -0.348 e. The number of carbonyl (C=O) groups is 1. The molecule has 0 radical (unpaired) electrons. The summed E-state index contributed by atoms with van der Waals surface area (Å²) in [7, 11) is 0. The second-order valence-electron chi connectivity index (χ2n) is 4.51.